The first kappa shape index (κ1) is 130. The fraction of sp³-hybridized carbons (Fsp3) is 0.396. The van der Waals surface area contributed by atoms with Crippen molar-refractivity contribution in [2.24, 2.45) is 41.2 Å². The maximum absolute atomic E-state index is 12.2. The van der Waals surface area contributed by atoms with Crippen molar-refractivity contribution in [2.75, 3.05) is 25.7 Å². The molecule has 0 aliphatic heterocycles. The topological polar surface area (TPSA) is 319 Å². The van der Waals surface area contributed by atoms with E-state index < -0.39 is 23.7 Å². The number of rotatable bonds is 27. The second kappa shape index (κ2) is 74.2. The van der Waals surface area contributed by atoms with E-state index in [1.807, 2.05) is 110 Å². The normalized spacial score (nSPS) is 17.2. The molecule has 11 rings (SSSR count). The molecule has 0 heterocycles. The number of aldehydes is 1. The molecule has 0 saturated heterocycles. The van der Waals surface area contributed by atoms with Gasteiger partial charge in [0.05, 0.1) is 37.6 Å². The van der Waals surface area contributed by atoms with Crippen LogP contribution in [0.5, 0.6) is 5.75 Å². The molecule has 8 atom stereocenters. The van der Waals surface area contributed by atoms with E-state index in [1.54, 1.807) is 167 Å². The van der Waals surface area contributed by atoms with Gasteiger partial charge in [-0.3, -0.25) is 43.2 Å². The molecular formula is C101H130AlBrCl4LiNNa2O19. The Kier molecular flexibility index (Phi) is 74.4. The minimum atomic E-state index is -0.857. The number of Topliss-reactive ketones (excluding diaryl/α,β-unsaturated/α-hetero) is 4. The smallest absolute Gasteiger partial charge is 1.00 e. The van der Waals surface area contributed by atoms with Gasteiger partial charge in [0, 0.05) is 153 Å². The number of ether oxygens (including phenoxy) is 3. The van der Waals surface area contributed by atoms with Gasteiger partial charge in [-0.15, -0.1) is 39.5 Å². The molecule has 1 fully saturated rings. The Morgan fingerprint density at radius 3 is 1.35 bits per heavy atom. The molecule has 5 N–H and O–H groups in total. The number of aliphatic hydroxyl groups excluding tert-OH is 2. The van der Waals surface area contributed by atoms with Gasteiger partial charge in [-0.05, 0) is 222 Å². The molecule has 0 amide bonds. The van der Waals surface area contributed by atoms with Gasteiger partial charge >= 0.3 is 75.0 Å². The van der Waals surface area contributed by atoms with Crippen LogP contribution in [-0.4, -0.2) is 146 Å². The van der Waals surface area contributed by atoms with Crippen molar-refractivity contribution in [1.29, 1.82) is 0 Å². The van der Waals surface area contributed by atoms with E-state index >= 15 is 0 Å². The van der Waals surface area contributed by atoms with E-state index in [4.69, 9.17) is 89.1 Å². The van der Waals surface area contributed by atoms with Crippen LogP contribution in [-0.2, 0) is 62.0 Å². The van der Waals surface area contributed by atoms with E-state index in [2.05, 4.69) is 60.3 Å². The number of benzene rings is 5. The molecule has 0 aromatic heterocycles. The van der Waals surface area contributed by atoms with Gasteiger partial charge in [-0.25, -0.2) is 0 Å². The summed E-state index contributed by atoms with van der Waals surface area (Å²) in [5.41, 5.74) is 9.44. The minimum absolute atomic E-state index is 0. The first-order valence-corrected chi connectivity index (χ1v) is 45.1. The van der Waals surface area contributed by atoms with Crippen molar-refractivity contribution in [2.45, 2.75) is 195 Å². The Morgan fingerprint density at radius 1 is 0.585 bits per heavy atom. The Labute approximate surface area is 864 Å². The molecule has 694 valence electrons. The summed E-state index contributed by atoms with van der Waals surface area (Å²) < 4.78 is 26.4. The summed E-state index contributed by atoms with van der Waals surface area (Å²) in [6, 6.07) is 35.0. The van der Waals surface area contributed by atoms with Crippen LogP contribution >= 0.6 is 62.3 Å². The van der Waals surface area contributed by atoms with Crippen LogP contribution in [0.2, 0.25) is 20.1 Å². The van der Waals surface area contributed by atoms with Crippen LogP contribution in [0.1, 0.15) is 211 Å². The molecule has 130 heavy (non-hydrogen) atoms. The Balaban J connectivity index is -0.000000450. The number of allylic oxidation sites excluding steroid dienone is 14. The molecule has 0 spiro atoms. The van der Waals surface area contributed by atoms with E-state index in [0.29, 0.717) is 118 Å². The summed E-state index contributed by atoms with van der Waals surface area (Å²) in [5, 5.41) is 40.7. The van der Waals surface area contributed by atoms with Crippen molar-refractivity contribution in [3.8, 4) is 5.75 Å². The zero-order valence-electron chi connectivity index (χ0n) is 79.4. The summed E-state index contributed by atoms with van der Waals surface area (Å²) in [7, 11) is 1.65. The fourth-order valence-corrected chi connectivity index (χ4v) is 13.0. The number of para-hydroxylation sites is 1. The number of hydrogen-bond acceptors (Lipinski definition) is 20. The second-order valence-electron chi connectivity index (χ2n) is 31.9. The largest absolute Gasteiger partial charge is 1.00 e. The van der Waals surface area contributed by atoms with Crippen LogP contribution < -0.4 is 74.8 Å². The third kappa shape index (κ3) is 60.3. The molecule has 0 bridgehead atoms. The van der Waals surface area contributed by atoms with Gasteiger partial charge in [0.15, 0.2) is 34.7 Å². The third-order valence-electron chi connectivity index (χ3n) is 17.7. The van der Waals surface area contributed by atoms with Crippen LogP contribution in [0.4, 0.5) is 0 Å². The van der Waals surface area contributed by atoms with E-state index in [0.717, 1.165) is 79.4 Å². The minimum Gasteiger partial charge on any atom is -1.00 e. The van der Waals surface area contributed by atoms with Crippen molar-refractivity contribution in [1.82, 2.24) is 0 Å². The quantitative estimate of drug-likeness (QED) is 0.00555. The van der Waals surface area contributed by atoms with Crippen molar-refractivity contribution < 1.29 is 151 Å². The number of nitrogens with two attached hydrogens (primary N) is 1. The number of methoxy groups -OCH3 is 1. The molecule has 5 aromatic rings. The second-order valence-corrected chi connectivity index (χ2v) is 35.0. The Hall–Kier alpha value is -6.04. The van der Waals surface area contributed by atoms with Gasteiger partial charge in [-0.1, -0.05) is 172 Å². The predicted octanol–water partition coefficient (Wildman–Crippen LogP) is 15.6. The van der Waals surface area contributed by atoms with E-state index in [1.165, 1.54) is 0 Å². The predicted molar refractivity (Wildman–Crippen MR) is 520 cm³/mol. The molecular weight excluding hydrogens is 1830 g/mol. The summed E-state index contributed by atoms with van der Waals surface area (Å²) >= 11 is 25.7. The zero-order valence-corrected chi connectivity index (χ0v) is 88.2. The van der Waals surface area contributed by atoms with Crippen molar-refractivity contribution in [3.05, 3.63) is 304 Å². The van der Waals surface area contributed by atoms with Crippen LogP contribution in [0.25, 0.3) is 0 Å². The Morgan fingerprint density at radius 2 is 1.00 bits per heavy atom. The average molecular weight is 1960 g/mol. The molecule has 5 aromatic carbocycles. The monoisotopic (exact) mass is 1960 g/mol. The van der Waals surface area contributed by atoms with Crippen LogP contribution in [0.15, 0.2) is 256 Å². The molecule has 8 unspecified atom stereocenters. The maximum atomic E-state index is 12.2. The number of hydrogen-bond donors (Lipinski definition) is 4. The van der Waals surface area contributed by atoms with E-state index in [9.17, 15) is 48.6 Å². The summed E-state index contributed by atoms with van der Waals surface area (Å²) in [6.07, 6.45) is 29.4. The molecule has 20 nitrogen and oxygen atoms in total. The van der Waals surface area contributed by atoms with Gasteiger partial charge < -0.3 is 54.4 Å². The summed E-state index contributed by atoms with van der Waals surface area (Å²) in [6.45, 7) is 44.6. The number of carbonyl (C=O) groups excluding carboxylic acids is 9. The maximum Gasteiger partial charge on any atom is 1.00 e. The van der Waals surface area contributed by atoms with Gasteiger partial charge in [-0.2, -0.15) is 0 Å². The first-order valence-electron chi connectivity index (χ1n) is 41.5. The first-order chi connectivity index (χ1) is 60.0. The number of alkyl halides is 1. The van der Waals surface area contributed by atoms with E-state index in [-0.39, 0.29) is 177 Å². The van der Waals surface area contributed by atoms with Crippen molar-refractivity contribution >= 4 is 150 Å². The SMILES string of the molecule is C=CCBr.C=CCC1C=C(C(O)c2ccc(Cl)cc2)C(=O)C1.C=CCC1C=C(C(O)c2ccc(Cl)cc2)C(=O)C1.C=CCC1C=CC(=O)C1.C=CCC1CC(=O)C(C(=O)c2ccc(Cl)cc2)C1.C=CCC1CC(OCC)=CC1=O.CC(C)(C)O.CC(C)(C)[O][Al][O]C(C)(C)C.CCOC1=CC(=O)CC1.COc1ccccc1CN.O=CO[O-].O=Cc1ccc(Cl)cc1.[H-].[Li].[Na+].[Na+]. The number of carbonyl (C=O) groups is 9. The summed E-state index contributed by atoms with van der Waals surface area (Å²) in [5.74, 6) is 3.85. The standard InChI is InChI=1S/3C15H15ClO2.C10H14O2.C8H11NO.C8H10O.C7H5ClO.C7H10O2.C4H10O.2C4H9O.C3H5Br.CH2O3.Al.Li.2Na.H/c3*1-2-3-10-8-13(14(17)9-10)15(18)11-4-6-12(16)7-5-11;1-3-5-8-6-9(12-4-2)7-10(8)11;1-10-8-5-3-2-4-7(8)6-9;1-2-3-7-4-5-8(9)6-7;8-7-3-1-6(5-9)2-4-7;1-2-9-7-4-3-6(8)5-7;3*1-4(2,3)5;1-2-3-4;2-1-4-3;;;;;/h2,4-7,10,13H,1,3,8-9H2;2*2,4-8,10,15,18H,1,3,9H2;3,7-8H,1,4-6H2,2H3;2-5H,6,9H2,1H3;2,4-5,7H,1,3,6H2;1-5H;5H,2-4H2,1H3;5H,1-3H3;2*1-3H3;2H,1,3H2;1,3H;;;;;/q;;;;;;;;;2*-1;;;+2;;2*+1;-1/p-1. The molecule has 2 radical (unpaired) electrons. The number of aliphatic hydroxyl groups is 3. The molecule has 1 saturated carbocycles. The third-order valence-corrected chi connectivity index (χ3v) is 20.8. The molecule has 6 aliphatic rings. The molecule has 29 heteroatoms. The molecule has 6 aliphatic carbocycles. The van der Waals surface area contributed by atoms with Crippen molar-refractivity contribution in [3.63, 3.8) is 0 Å². The number of ketones is 7. The van der Waals surface area contributed by atoms with Gasteiger partial charge in [0.25, 0.3) is 6.47 Å². The van der Waals surface area contributed by atoms with Crippen LogP contribution in [0, 0.1) is 35.5 Å². The average Bonchev–Trinajstić information content (AvgIpc) is 1.68. The Bertz CT molecular complexity index is 4270. The van der Waals surface area contributed by atoms with Gasteiger partial charge in [0.1, 0.15) is 35.8 Å². The van der Waals surface area contributed by atoms with Gasteiger partial charge in [0.2, 0.25) is 0 Å². The van der Waals surface area contributed by atoms with Crippen LogP contribution in [0.3, 0.4) is 0 Å². The fourth-order valence-electron chi connectivity index (χ4n) is 11.8. The summed E-state index contributed by atoms with van der Waals surface area (Å²) in [4.78, 5) is 102. The zero-order chi connectivity index (χ0) is 96.3. The number of halogens is 5.